The fourth-order valence-corrected chi connectivity index (χ4v) is 4.17. The Bertz CT molecular complexity index is 611. The van der Waals surface area contributed by atoms with Crippen molar-refractivity contribution >= 4 is 5.91 Å². The summed E-state index contributed by atoms with van der Waals surface area (Å²) in [5.41, 5.74) is 2.57. The van der Waals surface area contributed by atoms with Crippen LogP contribution in [0, 0.1) is 0 Å². The molecule has 2 heterocycles. The Balaban J connectivity index is 1.49. The third kappa shape index (κ3) is 5.30. The number of amides is 1. The van der Waals surface area contributed by atoms with E-state index < -0.39 is 0 Å². The summed E-state index contributed by atoms with van der Waals surface area (Å²) >= 11 is 0. The van der Waals surface area contributed by atoms with Gasteiger partial charge in [0.15, 0.2) is 5.69 Å². The Hall–Kier alpha value is -1.44. The Morgan fingerprint density at radius 1 is 1.37 bits per heavy atom. The molecule has 0 unspecified atom stereocenters. The van der Waals surface area contributed by atoms with Crippen molar-refractivity contribution in [2.24, 2.45) is 0 Å². The fourth-order valence-electron chi connectivity index (χ4n) is 4.17. The van der Waals surface area contributed by atoms with E-state index in [9.17, 15) is 4.79 Å². The molecule has 1 N–H and O–H groups in total. The van der Waals surface area contributed by atoms with Crippen molar-refractivity contribution in [3.63, 3.8) is 0 Å². The van der Waals surface area contributed by atoms with E-state index in [1.807, 2.05) is 4.68 Å². The monoisotopic (exact) mass is 378 g/mol. The van der Waals surface area contributed by atoms with E-state index in [1.165, 1.54) is 32.1 Å². The number of fused-ring (bicyclic) bond motifs is 1. The van der Waals surface area contributed by atoms with Gasteiger partial charge in [-0.15, -0.1) is 0 Å². The lowest BCUT2D eigenvalue weighted by Gasteiger charge is -2.31. The standard InChI is InChI=1S/C20H34N4O3/c1-23(16-7-4-3-5-8-16)11-6-10-21-20(25)19-17-15-27-13-9-18(17)24(22-19)12-14-26-2/h16H,3-15H2,1-2H3,(H,21,25). The van der Waals surface area contributed by atoms with Gasteiger partial charge in [0, 0.05) is 37.4 Å². The molecule has 152 valence electrons. The fraction of sp³-hybridized carbons (Fsp3) is 0.800. The second-order valence-electron chi connectivity index (χ2n) is 7.67. The van der Waals surface area contributed by atoms with E-state index in [4.69, 9.17) is 9.47 Å². The normalized spacial score (nSPS) is 17.9. The van der Waals surface area contributed by atoms with Crippen LogP contribution in [0.2, 0.25) is 0 Å². The van der Waals surface area contributed by atoms with Gasteiger partial charge in [-0.05, 0) is 32.9 Å². The zero-order valence-corrected chi connectivity index (χ0v) is 16.8. The van der Waals surface area contributed by atoms with Crippen molar-refractivity contribution in [1.29, 1.82) is 0 Å². The van der Waals surface area contributed by atoms with Gasteiger partial charge in [0.25, 0.3) is 5.91 Å². The van der Waals surface area contributed by atoms with Gasteiger partial charge in [0.1, 0.15) is 0 Å². The van der Waals surface area contributed by atoms with Gasteiger partial charge < -0.3 is 19.7 Å². The van der Waals surface area contributed by atoms with Gasteiger partial charge >= 0.3 is 0 Å². The Morgan fingerprint density at radius 2 is 2.19 bits per heavy atom. The highest BCUT2D eigenvalue weighted by Gasteiger charge is 2.25. The van der Waals surface area contributed by atoms with Gasteiger partial charge in [0.2, 0.25) is 0 Å². The van der Waals surface area contributed by atoms with E-state index in [1.54, 1.807) is 7.11 Å². The number of aromatic nitrogens is 2. The number of carbonyl (C=O) groups excluding carboxylic acids is 1. The maximum Gasteiger partial charge on any atom is 0.272 e. The maximum atomic E-state index is 12.7. The quantitative estimate of drug-likeness (QED) is 0.666. The molecular formula is C20H34N4O3. The van der Waals surface area contributed by atoms with Crippen LogP contribution < -0.4 is 5.32 Å². The minimum atomic E-state index is -0.0896. The average Bonchev–Trinajstić information content (AvgIpc) is 3.09. The van der Waals surface area contributed by atoms with E-state index in [-0.39, 0.29) is 5.91 Å². The summed E-state index contributed by atoms with van der Waals surface area (Å²) in [6.07, 6.45) is 8.47. The van der Waals surface area contributed by atoms with Crippen LogP contribution in [0.1, 0.15) is 60.3 Å². The van der Waals surface area contributed by atoms with Crippen molar-refractivity contribution in [2.75, 3.05) is 40.5 Å². The van der Waals surface area contributed by atoms with E-state index in [0.717, 1.165) is 36.7 Å². The molecule has 0 spiro atoms. The molecule has 7 nitrogen and oxygen atoms in total. The number of ether oxygens (including phenoxy) is 2. The second-order valence-corrected chi connectivity index (χ2v) is 7.67. The Labute approximate surface area is 162 Å². The lowest BCUT2D eigenvalue weighted by Crippen LogP contribution is -2.36. The minimum Gasteiger partial charge on any atom is -0.383 e. The lowest BCUT2D eigenvalue weighted by atomic mass is 9.94. The summed E-state index contributed by atoms with van der Waals surface area (Å²) in [7, 11) is 3.89. The van der Waals surface area contributed by atoms with Gasteiger partial charge in [-0.2, -0.15) is 5.10 Å². The van der Waals surface area contributed by atoms with Crippen molar-refractivity contribution < 1.29 is 14.3 Å². The summed E-state index contributed by atoms with van der Waals surface area (Å²) < 4.78 is 12.6. The summed E-state index contributed by atoms with van der Waals surface area (Å²) in [6.45, 7) is 4.10. The highest BCUT2D eigenvalue weighted by Crippen LogP contribution is 2.22. The Kier molecular flexibility index (Phi) is 7.67. The molecule has 1 amide bonds. The zero-order valence-electron chi connectivity index (χ0n) is 16.8. The molecule has 0 aromatic carbocycles. The number of nitrogens with one attached hydrogen (secondary N) is 1. The van der Waals surface area contributed by atoms with Crippen LogP contribution in [-0.2, 0) is 29.0 Å². The molecule has 0 radical (unpaired) electrons. The lowest BCUT2D eigenvalue weighted by molar-refractivity contribution is 0.0922. The predicted molar refractivity (Wildman–Crippen MR) is 104 cm³/mol. The largest absolute Gasteiger partial charge is 0.383 e. The van der Waals surface area contributed by atoms with E-state index in [0.29, 0.717) is 38.6 Å². The van der Waals surface area contributed by atoms with Crippen LogP contribution in [0.3, 0.4) is 0 Å². The third-order valence-electron chi connectivity index (χ3n) is 5.79. The van der Waals surface area contributed by atoms with Crippen LogP contribution in [0.5, 0.6) is 0 Å². The molecule has 1 aromatic heterocycles. The third-order valence-corrected chi connectivity index (χ3v) is 5.79. The van der Waals surface area contributed by atoms with Crippen molar-refractivity contribution in [2.45, 2.75) is 64.1 Å². The number of hydrogen-bond acceptors (Lipinski definition) is 5. The highest BCUT2D eigenvalue weighted by atomic mass is 16.5. The SMILES string of the molecule is COCCn1nc(C(=O)NCCCN(C)C2CCCCC2)c2c1CCOC2. The van der Waals surface area contributed by atoms with Crippen molar-refractivity contribution in [3.8, 4) is 0 Å². The average molecular weight is 379 g/mol. The number of nitrogens with zero attached hydrogens (tertiary/aromatic N) is 3. The first-order chi connectivity index (χ1) is 13.2. The predicted octanol–water partition coefficient (Wildman–Crippen LogP) is 1.99. The molecule has 3 rings (SSSR count). The second kappa shape index (κ2) is 10.2. The summed E-state index contributed by atoms with van der Waals surface area (Å²) in [5, 5.41) is 7.60. The first-order valence-electron chi connectivity index (χ1n) is 10.3. The van der Waals surface area contributed by atoms with E-state index >= 15 is 0 Å². The highest BCUT2D eigenvalue weighted by molar-refractivity contribution is 5.94. The van der Waals surface area contributed by atoms with Crippen LogP contribution in [0.15, 0.2) is 0 Å². The molecule has 27 heavy (non-hydrogen) atoms. The van der Waals surface area contributed by atoms with Crippen molar-refractivity contribution in [1.82, 2.24) is 20.0 Å². The number of hydrogen-bond donors (Lipinski definition) is 1. The smallest absolute Gasteiger partial charge is 0.272 e. The van der Waals surface area contributed by atoms with Crippen LogP contribution in [0.4, 0.5) is 0 Å². The first kappa shape index (κ1) is 20.3. The Morgan fingerprint density at radius 3 is 2.96 bits per heavy atom. The molecule has 0 saturated heterocycles. The van der Waals surface area contributed by atoms with Gasteiger partial charge in [0.05, 0.1) is 26.4 Å². The van der Waals surface area contributed by atoms with Gasteiger partial charge in [-0.1, -0.05) is 19.3 Å². The first-order valence-corrected chi connectivity index (χ1v) is 10.3. The van der Waals surface area contributed by atoms with E-state index in [2.05, 4.69) is 22.4 Å². The van der Waals surface area contributed by atoms with Crippen LogP contribution in [0.25, 0.3) is 0 Å². The van der Waals surface area contributed by atoms with Gasteiger partial charge in [-0.25, -0.2) is 0 Å². The molecule has 1 aliphatic heterocycles. The summed E-state index contributed by atoms with van der Waals surface area (Å²) in [4.78, 5) is 15.1. The molecule has 2 aliphatic rings. The summed E-state index contributed by atoms with van der Waals surface area (Å²) in [5.74, 6) is -0.0896. The summed E-state index contributed by atoms with van der Waals surface area (Å²) in [6, 6.07) is 0.718. The zero-order chi connectivity index (χ0) is 19.1. The number of carbonyl (C=O) groups is 1. The minimum absolute atomic E-state index is 0.0896. The molecule has 0 atom stereocenters. The molecule has 1 aliphatic carbocycles. The molecule has 1 saturated carbocycles. The molecule has 1 aromatic rings. The van der Waals surface area contributed by atoms with Crippen LogP contribution in [-0.4, -0.2) is 67.1 Å². The number of methoxy groups -OCH3 is 1. The van der Waals surface area contributed by atoms with Crippen molar-refractivity contribution in [3.05, 3.63) is 17.0 Å². The topological polar surface area (TPSA) is 68.6 Å². The van der Waals surface area contributed by atoms with Crippen LogP contribution >= 0.6 is 0 Å². The molecular weight excluding hydrogens is 344 g/mol. The molecule has 1 fully saturated rings. The number of rotatable bonds is 9. The molecule has 7 heteroatoms. The molecule has 0 bridgehead atoms. The van der Waals surface area contributed by atoms with Gasteiger partial charge in [-0.3, -0.25) is 9.48 Å². The maximum absolute atomic E-state index is 12.7.